The SMILES string of the molecule is COc1ccc(C)cc1NC(=O)CNC(=O)CN1CCN(C(=O)c2n[nH]c3ccccc23)CC1. The first kappa shape index (κ1) is 23.2. The molecule has 0 spiro atoms. The van der Waals surface area contributed by atoms with Gasteiger partial charge in [-0.3, -0.25) is 24.4 Å². The number of aromatic amines is 1. The highest BCUT2D eigenvalue weighted by Crippen LogP contribution is 2.25. The zero-order valence-corrected chi connectivity index (χ0v) is 19.3. The Bertz CT molecular complexity index is 1200. The van der Waals surface area contributed by atoms with Crippen LogP contribution >= 0.6 is 0 Å². The van der Waals surface area contributed by atoms with Gasteiger partial charge in [-0.15, -0.1) is 0 Å². The molecule has 4 rings (SSSR count). The molecule has 0 saturated carbocycles. The molecule has 0 unspecified atom stereocenters. The summed E-state index contributed by atoms with van der Waals surface area (Å²) in [5.41, 5.74) is 2.79. The largest absolute Gasteiger partial charge is 0.495 e. The molecular weight excluding hydrogens is 436 g/mol. The number of piperazine rings is 1. The Balaban J connectivity index is 1.22. The molecule has 0 radical (unpaired) electrons. The zero-order valence-electron chi connectivity index (χ0n) is 19.3. The van der Waals surface area contributed by atoms with E-state index in [1.165, 1.54) is 7.11 Å². The fourth-order valence-electron chi connectivity index (χ4n) is 3.94. The Hall–Kier alpha value is -3.92. The van der Waals surface area contributed by atoms with Gasteiger partial charge >= 0.3 is 0 Å². The summed E-state index contributed by atoms with van der Waals surface area (Å²) in [6.07, 6.45) is 0. The molecule has 10 nitrogen and oxygen atoms in total. The van der Waals surface area contributed by atoms with Crippen molar-refractivity contribution in [3.63, 3.8) is 0 Å². The molecule has 1 aliphatic heterocycles. The van der Waals surface area contributed by atoms with Crippen molar-refractivity contribution in [1.82, 2.24) is 25.3 Å². The van der Waals surface area contributed by atoms with Crippen molar-refractivity contribution in [1.29, 1.82) is 0 Å². The van der Waals surface area contributed by atoms with Gasteiger partial charge in [-0.1, -0.05) is 24.3 Å². The lowest BCUT2D eigenvalue weighted by atomic mass is 10.2. The number of fused-ring (bicyclic) bond motifs is 1. The Morgan fingerprint density at radius 1 is 1.06 bits per heavy atom. The van der Waals surface area contributed by atoms with Gasteiger partial charge in [0.15, 0.2) is 5.69 Å². The van der Waals surface area contributed by atoms with Crippen LogP contribution in [-0.2, 0) is 9.59 Å². The zero-order chi connectivity index (χ0) is 24.1. The summed E-state index contributed by atoms with van der Waals surface area (Å²) in [6.45, 7) is 4.07. The van der Waals surface area contributed by atoms with Gasteiger partial charge in [-0.05, 0) is 30.7 Å². The van der Waals surface area contributed by atoms with Crippen LogP contribution in [0.5, 0.6) is 5.75 Å². The van der Waals surface area contributed by atoms with E-state index in [4.69, 9.17) is 4.74 Å². The molecule has 2 aromatic carbocycles. The Morgan fingerprint density at radius 3 is 2.59 bits per heavy atom. The average molecular weight is 465 g/mol. The number of H-pyrrole nitrogens is 1. The molecule has 2 heterocycles. The van der Waals surface area contributed by atoms with Crippen LogP contribution in [0.25, 0.3) is 10.9 Å². The van der Waals surface area contributed by atoms with Crippen LogP contribution in [0, 0.1) is 6.92 Å². The maximum atomic E-state index is 12.9. The van der Waals surface area contributed by atoms with Crippen LogP contribution in [0.4, 0.5) is 5.69 Å². The molecule has 3 aromatic rings. The van der Waals surface area contributed by atoms with Gasteiger partial charge in [0.25, 0.3) is 5.91 Å². The van der Waals surface area contributed by atoms with Crippen LogP contribution in [0.15, 0.2) is 42.5 Å². The molecule has 10 heteroatoms. The molecular formula is C24H28N6O4. The van der Waals surface area contributed by atoms with Crippen molar-refractivity contribution in [2.75, 3.05) is 51.7 Å². The van der Waals surface area contributed by atoms with E-state index in [-0.39, 0.29) is 30.8 Å². The predicted molar refractivity (Wildman–Crippen MR) is 128 cm³/mol. The molecule has 1 aliphatic rings. The molecule has 3 amide bonds. The molecule has 3 N–H and O–H groups in total. The second kappa shape index (κ2) is 10.3. The Kier molecular flexibility index (Phi) is 7.07. The lowest BCUT2D eigenvalue weighted by molar-refractivity contribution is -0.125. The van der Waals surface area contributed by atoms with E-state index in [1.54, 1.807) is 11.0 Å². The molecule has 178 valence electrons. The summed E-state index contributed by atoms with van der Waals surface area (Å²) in [4.78, 5) is 41.2. The lowest BCUT2D eigenvalue weighted by Crippen LogP contribution is -2.51. The first-order valence-electron chi connectivity index (χ1n) is 11.1. The second-order valence-corrected chi connectivity index (χ2v) is 8.21. The van der Waals surface area contributed by atoms with Crippen molar-refractivity contribution < 1.29 is 19.1 Å². The number of hydrogen-bond donors (Lipinski definition) is 3. The van der Waals surface area contributed by atoms with Gasteiger partial charge in [0.2, 0.25) is 11.8 Å². The fourth-order valence-corrected chi connectivity index (χ4v) is 3.94. The number of amides is 3. The minimum Gasteiger partial charge on any atom is -0.495 e. The van der Waals surface area contributed by atoms with Crippen LogP contribution in [-0.4, -0.2) is 84.1 Å². The number of nitrogens with one attached hydrogen (secondary N) is 3. The maximum Gasteiger partial charge on any atom is 0.275 e. The van der Waals surface area contributed by atoms with Crippen molar-refractivity contribution in [2.45, 2.75) is 6.92 Å². The van der Waals surface area contributed by atoms with Gasteiger partial charge in [0.1, 0.15) is 5.75 Å². The number of benzene rings is 2. The minimum atomic E-state index is -0.334. The fraction of sp³-hybridized carbons (Fsp3) is 0.333. The number of aryl methyl sites for hydroxylation is 1. The third-order valence-electron chi connectivity index (χ3n) is 5.77. The van der Waals surface area contributed by atoms with Crippen molar-refractivity contribution in [3.8, 4) is 5.75 Å². The van der Waals surface area contributed by atoms with Crippen molar-refractivity contribution in [2.24, 2.45) is 0 Å². The number of carbonyl (C=O) groups excluding carboxylic acids is 3. The van der Waals surface area contributed by atoms with E-state index >= 15 is 0 Å². The van der Waals surface area contributed by atoms with Gasteiger partial charge in [-0.2, -0.15) is 5.10 Å². The van der Waals surface area contributed by atoms with Gasteiger partial charge in [-0.25, -0.2) is 0 Å². The summed E-state index contributed by atoms with van der Waals surface area (Å²) < 4.78 is 5.26. The normalized spacial score (nSPS) is 14.1. The summed E-state index contributed by atoms with van der Waals surface area (Å²) in [7, 11) is 1.53. The Morgan fingerprint density at radius 2 is 1.82 bits per heavy atom. The minimum absolute atomic E-state index is 0.121. The average Bonchev–Trinajstić information content (AvgIpc) is 3.27. The molecule has 1 aromatic heterocycles. The summed E-state index contributed by atoms with van der Waals surface area (Å²) in [6, 6.07) is 13.0. The Labute approximate surface area is 197 Å². The molecule has 34 heavy (non-hydrogen) atoms. The van der Waals surface area contributed by atoms with E-state index in [9.17, 15) is 14.4 Å². The number of nitrogens with zero attached hydrogens (tertiary/aromatic N) is 3. The van der Waals surface area contributed by atoms with E-state index < -0.39 is 0 Å². The summed E-state index contributed by atoms with van der Waals surface area (Å²) in [5, 5.41) is 13.3. The maximum absolute atomic E-state index is 12.9. The number of hydrogen-bond acceptors (Lipinski definition) is 6. The van der Waals surface area contributed by atoms with Gasteiger partial charge in [0, 0.05) is 31.6 Å². The highest BCUT2D eigenvalue weighted by molar-refractivity contribution is 6.04. The number of rotatable bonds is 7. The topological polar surface area (TPSA) is 120 Å². The number of para-hydroxylation sites is 1. The summed E-state index contributed by atoms with van der Waals surface area (Å²) >= 11 is 0. The highest BCUT2D eigenvalue weighted by Gasteiger charge is 2.26. The number of aromatic nitrogens is 2. The third-order valence-corrected chi connectivity index (χ3v) is 5.77. The lowest BCUT2D eigenvalue weighted by Gasteiger charge is -2.34. The predicted octanol–water partition coefficient (Wildman–Crippen LogP) is 1.39. The molecule has 0 aliphatic carbocycles. The molecule has 1 saturated heterocycles. The van der Waals surface area contributed by atoms with Gasteiger partial charge in [0.05, 0.1) is 31.4 Å². The number of anilines is 1. The monoisotopic (exact) mass is 464 g/mol. The number of carbonyl (C=O) groups is 3. The first-order valence-corrected chi connectivity index (χ1v) is 11.1. The summed E-state index contributed by atoms with van der Waals surface area (Å²) in [5.74, 6) is -0.145. The van der Waals surface area contributed by atoms with E-state index in [0.717, 1.165) is 16.5 Å². The van der Waals surface area contributed by atoms with E-state index in [1.807, 2.05) is 48.2 Å². The molecule has 1 fully saturated rings. The number of methoxy groups -OCH3 is 1. The van der Waals surface area contributed by atoms with Crippen molar-refractivity contribution >= 4 is 34.3 Å². The van der Waals surface area contributed by atoms with Crippen LogP contribution < -0.4 is 15.4 Å². The second-order valence-electron chi connectivity index (χ2n) is 8.21. The first-order chi connectivity index (χ1) is 16.4. The van der Waals surface area contributed by atoms with Crippen molar-refractivity contribution in [3.05, 3.63) is 53.7 Å². The quantitative estimate of drug-likeness (QED) is 0.486. The van der Waals surface area contributed by atoms with E-state index in [0.29, 0.717) is 43.3 Å². The van der Waals surface area contributed by atoms with Gasteiger partial charge < -0.3 is 20.3 Å². The molecule has 0 atom stereocenters. The van der Waals surface area contributed by atoms with Crippen LogP contribution in [0.1, 0.15) is 16.1 Å². The third kappa shape index (κ3) is 5.34. The van der Waals surface area contributed by atoms with Crippen LogP contribution in [0.3, 0.4) is 0 Å². The molecule has 0 bridgehead atoms. The highest BCUT2D eigenvalue weighted by atomic mass is 16.5. The van der Waals surface area contributed by atoms with Crippen LogP contribution in [0.2, 0.25) is 0 Å². The smallest absolute Gasteiger partial charge is 0.275 e. The number of ether oxygens (including phenoxy) is 1. The standard InChI is InChI=1S/C24H28N6O4/c1-16-7-8-20(34-2)19(13-16)26-21(31)14-25-22(32)15-29-9-11-30(12-10-29)24(33)23-17-5-3-4-6-18(17)27-28-23/h3-8,13H,9-12,14-15H2,1-2H3,(H,25,32)(H,26,31)(H,27,28). The van der Waals surface area contributed by atoms with E-state index in [2.05, 4.69) is 20.8 Å².